The molecule has 0 N–H and O–H groups in total. The van der Waals surface area contributed by atoms with Crippen molar-refractivity contribution in [2.24, 2.45) is 0 Å². The van der Waals surface area contributed by atoms with Crippen LogP contribution in [0.1, 0.15) is 0 Å². The molecular formula is C14H8Cl3N3. The molecule has 6 heteroatoms. The second kappa shape index (κ2) is 5.44. The van der Waals surface area contributed by atoms with E-state index in [0.717, 1.165) is 5.69 Å². The molecule has 0 unspecified atom stereocenters. The summed E-state index contributed by atoms with van der Waals surface area (Å²) in [6, 6.07) is 12.7. The van der Waals surface area contributed by atoms with Gasteiger partial charge in [-0.3, -0.25) is 0 Å². The summed E-state index contributed by atoms with van der Waals surface area (Å²) in [5.74, 6) is 0. The van der Waals surface area contributed by atoms with Gasteiger partial charge in [-0.05, 0) is 30.3 Å². The molecule has 0 bridgehead atoms. The van der Waals surface area contributed by atoms with E-state index >= 15 is 0 Å². The molecule has 3 nitrogen and oxygen atoms in total. The Kier molecular flexibility index (Phi) is 3.66. The second-order valence-electron chi connectivity index (χ2n) is 4.11. The van der Waals surface area contributed by atoms with Crippen molar-refractivity contribution in [3.8, 4) is 16.9 Å². The standard InChI is InChI=1S/C14H8Cl3N3/c15-9-3-1-4-10(7-9)20-13(8-18-19-20)14-11(16)5-2-6-12(14)17/h1-8H. The van der Waals surface area contributed by atoms with E-state index in [1.807, 2.05) is 12.1 Å². The number of halogens is 3. The molecule has 0 spiro atoms. The predicted molar refractivity (Wildman–Crippen MR) is 81.8 cm³/mol. The molecule has 0 saturated carbocycles. The third kappa shape index (κ3) is 2.40. The summed E-state index contributed by atoms with van der Waals surface area (Å²) in [6.07, 6.45) is 1.62. The van der Waals surface area contributed by atoms with Gasteiger partial charge >= 0.3 is 0 Å². The van der Waals surface area contributed by atoms with Gasteiger partial charge in [-0.2, -0.15) is 0 Å². The Bertz CT molecular complexity index is 748. The van der Waals surface area contributed by atoms with Crippen LogP contribution in [0.25, 0.3) is 16.9 Å². The summed E-state index contributed by atoms with van der Waals surface area (Å²) in [7, 11) is 0. The minimum atomic E-state index is 0.545. The Hall–Kier alpha value is -1.55. The van der Waals surface area contributed by atoms with Gasteiger partial charge in [-0.1, -0.05) is 52.1 Å². The molecule has 0 aliphatic rings. The molecule has 1 aromatic heterocycles. The minimum absolute atomic E-state index is 0.545. The van der Waals surface area contributed by atoms with E-state index in [9.17, 15) is 0 Å². The second-order valence-corrected chi connectivity index (χ2v) is 5.36. The van der Waals surface area contributed by atoms with Crippen LogP contribution >= 0.6 is 34.8 Å². The highest BCUT2D eigenvalue weighted by molar-refractivity contribution is 6.39. The molecule has 2 aromatic carbocycles. The molecule has 0 saturated heterocycles. The van der Waals surface area contributed by atoms with Crippen LogP contribution < -0.4 is 0 Å². The number of nitrogens with zero attached hydrogens (tertiary/aromatic N) is 3. The third-order valence-corrected chi connectivity index (χ3v) is 3.69. The van der Waals surface area contributed by atoms with Crippen LogP contribution in [0.2, 0.25) is 15.1 Å². The van der Waals surface area contributed by atoms with Crippen LogP contribution in [0.5, 0.6) is 0 Å². The van der Waals surface area contributed by atoms with Crippen molar-refractivity contribution in [2.45, 2.75) is 0 Å². The summed E-state index contributed by atoms with van der Waals surface area (Å²) in [5, 5.41) is 9.72. The SMILES string of the molecule is Clc1cccc(-n2nncc2-c2c(Cl)cccc2Cl)c1. The van der Waals surface area contributed by atoms with Gasteiger partial charge in [-0.15, -0.1) is 5.10 Å². The molecule has 3 rings (SSSR count). The van der Waals surface area contributed by atoms with E-state index in [1.54, 1.807) is 41.2 Å². The zero-order valence-corrected chi connectivity index (χ0v) is 12.4. The van der Waals surface area contributed by atoms with Crippen LogP contribution in [-0.2, 0) is 0 Å². The van der Waals surface area contributed by atoms with Crippen molar-refractivity contribution >= 4 is 34.8 Å². The van der Waals surface area contributed by atoms with Crippen molar-refractivity contribution in [3.05, 3.63) is 63.7 Å². The lowest BCUT2D eigenvalue weighted by molar-refractivity contribution is 0.808. The van der Waals surface area contributed by atoms with Gasteiger partial charge in [-0.25, -0.2) is 4.68 Å². The van der Waals surface area contributed by atoms with Gasteiger partial charge < -0.3 is 0 Å². The quantitative estimate of drug-likeness (QED) is 0.671. The minimum Gasteiger partial charge on any atom is -0.213 e. The van der Waals surface area contributed by atoms with E-state index in [0.29, 0.717) is 26.3 Å². The fourth-order valence-electron chi connectivity index (χ4n) is 1.95. The lowest BCUT2D eigenvalue weighted by Gasteiger charge is -2.09. The zero-order valence-electron chi connectivity index (χ0n) is 10.1. The molecule has 0 atom stereocenters. The van der Waals surface area contributed by atoms with Crippen LogP contribution in [0.15, 0.2) is 48.7 Å². The van der Waals surface area contributed by atoms with E-state index in [-0.39, 0.29) is 0 Å². The smallest absolute Gasteiger partial charge is 0.0974 e. The first-order chi connectivity index (χ1) is 9.66. The first kappa shape index (κ1) is 13.4. The maximum absolute atomic E-state index is 6.23. The summed E-state index contributed by atoms with van der Waals surface area (Å²) in [5.41, 5.74) is 2.20. The van der Waals surface area contributed by atoms with Gasteiger partial charge in [0.1, 0.15) is 0 Å². The van der Waals surface area contributed by atoms with Crippen LogP contribution in [0.4, 0.5) is 0 Å². The van der Waals surface area contributed by atoms with E-state index in [2.05, 4.69) is 10.3 Å². The van der Waals surface area contributed by atoms with E-state index in [4.69, 9.17) is 34.8 Å². The van der Waals surface area contributed by atoms with Crippen LogP contribution in [-0.4, -0.2) is 15.0 Å². The third-order valence-electron chi connectivity index (χ3n) is 2.82. The summed E-state index contributed by atoms with van der Waals surface area (Å²) >= 11 is 18.5. The first-order valence-electron chi connectivity index (χ1n) is 5.78. The molecule has 0 aliphatic carbocycles. The van der Waals surface area contributed by atoms with Crippen molar-refractivity contribution in [1.29, 1.82) is 0 Å². The number of aromatic nitrogens is 3. The Labute approximate surface area is 130 Å². The van der Waals surface area contributed by atoms with Crippen molar-refractivity contribution < 1.29 is 0 Å². The van der Waals surface area contributed by atoms with Crippen LogP contribution in [0, 0.1) is 0 Å². The fourth-order valence-corrected chi connectivity index (χ4v) is 2.72. The average molecular weight is 325 g/mol. The molecule has 0 fully saturated rings. The maximum Gasteiger partial charge on any atom is 0.0974 e. The lowest BCUT2D eigenvalue weighted by Crippen LogP contribution is -1.99. The number of hydrogen-bond acceptors (Lipinski definition) is 2. The van der Waals surface area contributed by atoms with Crippen molar-refractivity contribution in [2.75, 3.05) is 0 Å². The van der Waals surface area contributed by atoms with Gasteiger partial charge in [0.05, 0.1) is 27.6 Å². The Balaban J connectivity index is 2.21. The lowest BCUT2D eigenvalue weighted by atomic mass is 10.1. The summed E-state index contributed by atoms with van der Waals surface area (Å²) in [4.78, 5) is 0. The van der Waals surface area contributed by atoms with E-state index < -0.39 is 0 Å². The molecule has 3 aromatic rings. The monoisotopic (exact) mass is 323 g/mol. The van der Waals surface area contributed by atoms with Gasteiger partial charge in [0.25, 0.3) is 0 Å². The number of rotatable bonds is 2. The largest absolute Gasteiger partial charge is 0.213 e. The Morgan fingerprint density at radius 1 is 0.900 bits per heavy atom. The number of benzene rings is 2. The highest BCUT2D eigenvalue weighted by Gasteiger charge is 2.15. The fraction of sp³-hybridized carbons (Fsp3) is 0. The van der Waals surface area contributed by atoms with E-state index in [1.165, 1.54) is 0 Å². The predicted octanol–water partition coefficient (Wildman–Crippen LogP) is 4.89. The molecule has 1 heterocycles. The molecule has 20 heavy (non-hydrogen) atoms. The molecule has 100 valence electrons. The van der Waals surface area contributed by atoms with Gasteiger partial charge in [0.15, 0.2) is 0 Å². The number of hydrogen-bond donors (Lipinski definition) is 0. The van der Waals surface area contributed by atoms with Gasteiger partial charge in [0, 0.05) is 10.6 Å². The Morgan fingerprint density at radius 3 is 2.30 bits per heavy atom. The highest BCUT2D eigenvalue weighted by Crippen LogP contribution is 2.35. The summed E-state index contributed by atoms with van der Waals surface area (Å²) in [6.45, 7) is 0. The molecule has 0 aliphatic heterocycles. The molecular weight excluding hydrogens is 317 g/mol. The maximum atomic E-state index is 6.23. The van der Waals surface area contributed by atoms with Crippen LogP contribution in [0.3, 0.4) is 0 Å². The zero-order chi connectivity index (χ0) is 14.1. The summed E-state index contributed by atoms with van der Waals surface area (Å²) < 4.78 is 1.65. The highest BCUT2D eigenvalue weighted by atomic mass is 35.5. The Morgan fingerprint density at radius 2 is 1.60 bits per heavy atom. The normalized spacial score (nSPS) is 10.8. The molecule has 0 radical (unpaired) electrons. The topological polar surface area (TPSA) is 30.7 Å². The van der Waals surface area contributed by atoms with Gasteiger partial charge in [0.2, 0.25) is 0 Å². The molecule has 0 amide bonds. The average Bonchev–Trinajstić information content (AvgIpc) is 2.87. The van der Waals surface area contributed by atoms with Crippen molar-refractivity contribution in [1.82, 2.24) is 15.0 Å². The van der Waals surface area contributed by atoms with Crippen molar-refractivity contribution in [3.63, 3.8) is 0 Å². The first-order valence-corrected chi connectivity index (χ1v) is 6.91.